The van der Waals surface area contributed by atoms with Crippen molar-refractivity contribution >= 4 is 17.4 Å². The predicted molar refractivity (Wildman–Crippen MR) is 62.9 cm³/mol. The lowest BCUT2D eigenvalue weighted by Gasteiger charge is -2.21. The Morgan fingerprint density at radius 2 is 2.36 bits per heavy atom. The number of fused-ring (bicyclic) bond motifs is 1. The van der Waals surface area contributed by atoms with Gasteiger partial charge in [-0.05, 0) is 42.4 Å². The van der Waals surface area contributed by atoms with Crippen LogP contribution in [0.4, 0.5) is 5.69 Å². The fourth-order valence-electron chi connectivity index (χ4n) is 1.69. The van der Waals surface area contributed by atoms with Crippen molar-refractivity contribution in [2.45, 2.75) is 17.7 Å². The van der Waals surface area contributed by atoms with Crippen molar-refractivity contribution < 1.29 is 0 Å². The molecule has 3 heteroatoms. The molecule has 0 bridgehead atoms. The molecule has 0 radical (unpaired) electrons. The second kappa shape index (κ2) is 4.24. The van der Waals surface area contributed by atoms with Crippen LogP contribution in [0.1, 0.15) is 12.0 Å². The SMILES string of the molecule is CN(CN)c1ccc2c(c1)CCCS2. The number of benzene rings is 1. The number of rotatable bonds is 2. The zero-order valence-corrected chi connectivity index (χ0v) is 9.31. The van der Waals surface area contributed by atoms with Crippen molar-refractivity contribution in [2.75, 3.05) is 24.4 Å². The third-order valence-corrected chi connectivity index (χ3v) is 3.81. The number of hydrogen-bond donors (Lipinski definition) is 1. The topological polar surface area (TPSA) is 29.3 Å². The minimum Gasteiger partial charge on any atom is -0.362 e. The Morgan fingerprint density at radius 3 is 3.14 bits per heavy atom. The van der Waals surface area contributed by atoms with Gasteiger partial charge in [0.1, 0.15) is 0 Å². The zero-order chi connectivity index (χ0) is 9.97. The smallest absolute Gasteiger partial charge is 0.0653 e. The van der Waals surface area contributed by atoms with E-state index >= 15 is 0 Å². The highest BCUT2D eigenvalue weighted by Crippen LogP contribution is 2.32. The minimum atomic E-state index is 0.575. The van der Waals surface area contributed by atoms with E-state index in [0.717, 1.165) is 0 Å². The Kier molecular flexibility index (Phi) is 2.99. The van der Waals surface area contributed by atoms with Crippen LogP contribution in [0.5, 0.6) is 0 Å². The maximum absolute atomic E-state index is 5.60. The molecule has 1 aliphatic rings. The van der Waals surface area contributed by atoms with Gasteiger partial charge in [-0.2, -0.15) is 0 Å². The summed E-state index contributed by atoms with van der Waals surface area (Å²) in [5.41, 5.74) is 8.32. The first kappa shape index (κ1) is 9.87. The molecule has 0 saturated heterocycles. The van der Waals surface area contributed by atoms with Gasteiger partial charge in [-0.15, -0.1) is 11.8 Å². The van der Waals surface area contributed by atoms with E-state index in [1.165, 1.54) is 34.7 Å². The molecule has 1 aliphatic heterocycles. The molecule has 0 unspecified atom stereocenters. The molecule has 2 rings (SSSR count). The lowest BCUT2D eigenvalue weighted by molar-refractivity contribution is 0.879. The van der Waals surface area contributed by atoms with Crippen molar-refractivity contribution in [2.24, 2.45) is 5.73 Å². The first-order chi connectivity index (χ1) is 6.81. The highest BCUT2D eigenvalue weighted by molar-refractivity contribution is 7.99. The van der Waals surface area contributed by atoms with Gasteiger partial charge >= 0.3 is 0 Å². The summed E-state index contributed by atoms with van der Waals surface area (Å²) in [6, 6.07) is 6.65. The zero-order valence-electron chi connectivity index (χ0n) is 8.49. The first-order valence-corrected chi connectivity index (χ1v) is 5.97. The lowest BCUT2D eigenvalue weighted by Crippen LogP contribution is -2.25. The van der Waals surface area contributed by atoms with Crippen molar-refractivity contribution in [3.05, 3.63) is 23.8 Å². The number of nitrogens with zero attached hydrogens (tertiary/aromatic N) is 1. The van der Waals surface area contributed by atoms with Gasteiger partial charge in [-0.3, -0.25) is 0 Å². The van der Waals surface area contributed by atoms with Gasteiger partial charge in [0.25, 0.3) is 0 Å². The summed E-state index contributed by atoms with van der Waals surface area (Å²) in [6.07, 6.45) is 2.52. The normalized spacial score (nSPS) is 15.0. The molecule has 1 heterocycles. The molecule has 0 atom stereocenters. The Morgan fingerprint density at radius 1 is 1.50 bits per heavy atom. The molecule has 14 heavy (non-hydrogen) atoms. The fraction of sp³-hybridized carbons (Fsp3) is 0.455. The number of hydrogen-bond acceptors (Lipinski definition) is 3. The molecule has 0 fully saturated rings. The molecule has 76 valence electrons. The summed E-state index contributed by atoms with van der Waals surface area (Å²) >= 11 is 1.97. The summed E-state index contributed by atoms with van der Waals surface area (Å²) in [4.78, 5) is 3.52. The number of thioether (sulfide) groups is 1. The highest BCUT2D eigenvalue weighted by Gasteiger charge is 2.10. The second-order valence-electron chi connectivity index (χ2n) is 3.62. The van der Waals surface area contributed by atoms with E-state index in [0.29, 0.717) is 6.67 Å². The monoisotopic (exact) mass is 208 g/mol. The summed E-state index contributed by atoms with van der Waals surface area (Å²) in [6.45, 7) is 0.575. The van der Waals surface area contributed by atoms with Crippen molar-refractivity contribution in [3.63, 3.8) is 0 Å². The van der Waals surface area contributed by atoms with Crippen LogP contribution >= 0.6 is 11.8 Å². The average Bonchev–Trinajstić information content (AvgIpc) is 2.27. The molecule has 1 aromatic rings. The van der Waals surface area contributed by atoms with E-state index in [1.54, 1.807) is 0 Å². The quantitative estimate of drug-likeness (QED) is 0.755. The van der Waals surface area contributed by atoms with Crippen LogP contribution in [0.3, 0.4) is 0 Å². The number of aryl methyl sites for hydroxylation is 1. The van der Waals surface area contributed by atoms with Crippen LogP contribution in [0, 0.1) is 0 Å². The average molecular weight is 208 g/mol. The highest BCUT2D eigenvalue weighted by atomic mass is 32.2. The molecule has 2 nitrogen and oxygen atoms in total. The van der Waals surface area contributed by atoms with E-state index in [1.807, 2.05) is 18.8 Å². The van der Waals surface area contributed by atoms with Crippen LogP contribution in [-0.4, -0.2) is 19.5 Å². The van der Waals surface area contributed by atoms with E-state index in [9.17, 15) is 0 Å². The van der Waals surface area contributed by atoms with E-state index in [2.05, 4.69) is 23.1 Å². The Bertz CT molecular complexity index is 325. The molecular formula is C11H16N2S. The Labute approximate surface area is 89.5 Å². The molecule has 1 aromatic carbocycles. The summed E-state index contributed by atoms with van der Waals surface area (Å²) < 4.78 is 0. The van der Waals surface area contributed by atoms with Crippen molar-refractivity contribution in [1.29, 1.82) is 0 Å². The molecule has 0 amide bonds. The second-order valence-corrected chi connectivity index (χ2v) is 4.76. The van der Waals surface area contributed by atoms with Crippen LogP contribution in [-0.2, 0) is 6.42 Å². The summed E-state index contributed by atoms with van der Waals surface area (Å²) in [5.74, 6) is 1.26. The van der Waals surface area contributed by atoms with Crippen LogP contribution in [0.2, 0.25) is 0 Å². The third kappa shape index (κ3) is 1.88. The molecule has 2 N–H and O–H groups in total. The summed E-state index contributed by atoms with van der Waals surface area (Å²) in [7, 11) is 2.03. The van der Waals surface area contributed by atoms with Gasteiger partial charge in [0.05, 0.1) is 6.67 Å². The standard InChI is InChI=1S/C11H16N2S/c1-13(8-12)10-4-5-11-9(7-10)3-2-6-14-11/h4-5,7H,2-3,6,8,12H2,1H3. The van der Waals surface area contributed by atoms with Crippen LogP contribution in [0.25, 0.3) is 0 Å². The first-order valence-electron chi connectivity index (χ1n) is 4.98. The van der Waals surface area contributed by atoms with Gasteiger partial charge in [-0.25, -0.2) is 0 Å². The van der Waals surface area contributed by atoms with Crippen molar-refractivity contribution in [1.82, 2.24) is 0 Å². The van der Waals surface area contributed by atoms with E-state index < -0.39 is 0 Å². The maximum atomic E-state index is 5.60. The van der Waals surface area contributed by atoms with Gasteiger partial charge in [0, 0.05) is 17.6 Å². The molecular weight excluding hydrogens is 192 g/mol. The fourth-order valence-corrected chi connectivity index (χ4v) is 2.71. The van der Waals surface area contributed by atoms with Crippen LogP contribution < -0.4 is 10.6 Å². The predicted octanol–water partition coefficient (Wildman–Crippen LogP) is 2.08. The molecule has 0 aliphatic carbocycles. The molecule has 0 aromatic heterocycles. The molecule has 0 spiro atoms. The van der Waals surface area contributed by atoms with Gasteiger partial charge in [0.2, 0.25) is 0 Å². The van der Waals surface area contributed by atoms with Crippen LogP contribution in [0.15, 0.2) is 23.1 Å². The van der Waals surface area contributed by atoms with E-state index in [4.69, 9.17) is 5.73 Å². The summed E-state index contributed by atoms with van der Waals surface area (Å²) in [5, 5.41) is 0. The lowest BCUT2D eigenvalue weighted by atomic mass is 10.1. The maximum Gasteiger partial charge on any atom is 0.0653 e. The Balaban J connectivity index is 2.29. The van der Waals surface area contributed by atoms with Gasteiger partial charge in [-0.1, -0.05) is 0 Å². The molecule has 0 saturated carbocycles. The number of nitrogens with two attached hydrogens (primary N) is 1. The third-order valence-electron chi connectivity index (χ3n) is 2.61. The van der Waals surface area contributed by atoms with Crippen molar-refractivity contribution in [3.8, 4) is 0 Å². The van der Waals surface area contributed by atoms with Gasteiger partial charge < -0.3 is 10.6 Å². The Hall–Kier alpha value is -0.670. The largest absolute Gasteiger partial charge is 0.362 e. The minimum absolute atomic E-state index is 0.575. The number of anilines is 1. The van der Waals surface area contributed by atoms with Gasteiger partial charge in [0.15, 0.2) is 0 Å². The van der Waals surface area contributed by atoms with E-state index in [-0.39, 0.29) is 0 Å².